The molecule has 0 atom stereocenters. The van der Waals surface area contributed by atoms with Crippen molar-refractivity contribution in [3.05, 3.63) is 58.4 Å². The number of benzene rings is 2. The molecule has 3 rings (SSSR count). The number of aromatic nitrogens is 2. The Bertz CT molecular complexity index is 931. The number of rotatable bonds is 4. The van der Waals surface area contributed by atoms with E-state index in [1.165, 1.54) is 0 Å². The van der Waals surface area contributed by atoms with Gasteiger partial charge >= 0.3 is 0 Å². The normalized spacial score (nSPS) is 11.0. The molecule has 0 fully saturated rings. The number of aromatic amines is 1. The Labute approximate surface area is 137 Å². The Kier molecular flexibility index (Phi) is 4.29. The summed E-state index contributed by atoms with van der Waals surface area (Å²) in [6.07, 6.45) is 0. The molecule has 0 aliphatic rings. The summed E-state index contributed by atoms with van der Waals surface area (Å²) in [5.74, 6) is -1.76. The van der Waals surface area contributed by atoms with Crippen LogP contribution in [0.2, 0.25) is 0 Å². The molecule has 0 saturated carbocycles. The molecule has 24 heavy (non-hydrogen) atoms. The van der Waals surface area contributed by atoms with Crippen LogP contribution in [-0.2, 0) is 0 Å². The van der Waals surface area contributed by atoms with Gasteiger partial charge in [-0.2, -0.15) is 0 Å². The molecule has 0 radical (unpaired) electrons. The second-order valence-corrected chi connectivity index (χ2v) is 5.42. The molecule has 124 valence electrons. The van der Waals surface area contributed by atoms with E-state index in [1.54, 1.807) is 0 Å². The number of hydrogen-bond donors (Lipinski definition) is 1. The van der Waals surface area contributed by atoms with Gasteiger partial charge in [-0.05, 0) is 44.2 Å². The summed E-state index contributed by atoms with van der Waals surface area (Å²) < 4.78 is 26.7. The molecule has 0 spiro atoms. The van der Waals surface area contributed by atoms with E-state index in [1.807, 2.05) is 24.3 Å². The number of fused-ring (bicyclic) bond motifs is 1. The van der Waals surface area contributed by atoms with Crippen molar-refractivity contribution in [2.45, 2.75) is 13.8 Å². The highest BCUT2D eigenvalue weighted by atomic mass is 19.2. The zero-order valence-corrected chi connectivity index (χ0v) is 13.4. The van der Waals surface area contributed by atoms with Gasteiger partial charge in [0.15, 0.2) is 11.6 Å². The van der Waals surface area contributed by atoms with Crippen LogP contribution >= 0.6 is 0 Å². The van der Waals surface area contributed by atoms with Crippen LogP contribution in [0.4, 0.5) is 14.5 Å². The van der Waals surface area contributed by atoms with E-state index in [4.69, 9.17) is 0 Å². The zero-order valence-electron chi connectivity index (χ0n) is 13.4. The van der Waals surface area contributed by atoms with Gasteiger partial charge in [0, 0.05) is 30.4 Å². The molecule has 4 nitrogen and oxygen atoms in total. The lowest BCUT2D eigenvalue weighted by Gasteiger charge is -2.21. The maximum Gasteiger partial charge on any atom is 0.259 e. The van der Waals surface area contributed by atoms with Crippen molar-refractivity contribution >= 4 is 16.6 Å². The minimum absolute atomic E-state index is 0.0254. The molecule has 3 aromatic rings. The third-order valence-corrected chi connectivity index (χ3v) is 4.02. The molecular weight excluding hydrogens is 312 g/mol. The topological polar surface area (TPSA) is 49.0 Å². The van der Waals surface area contributed by atoms with E-state index in [0.29, 0.717) is 11.4 Å². The third-order valence-electron chi connectivity index (χ3n) is 4.02. The summed E-state index contributed by atoms with van der Waals surface area (Å²) in [4.78, 5) is 21.2. The highest BCUT2D eigenvalue weighted by Gasteiger charge is 2.11. The summed E-state index contributed by atoms with van der Waals surface area (Å²) >= 11 is 0. The monoisotopic (exact) mass is 329 g/mol. The lowest BCUT2D eigenvalue weighted by Crippen LogP contribution is -2.21. The van der Waals surface area contributed by atoms with Crippen molar-refractivity contribution in [1.29, 1.82) is 0 Å². The minimum Gasteiger partial charge on any atom is -0.372 e. The number of halogens is 2. The van der Waals surface area contributed by atoms with Gasteiger partial charge in [-0.25, -0.2) is 13.8 Å². The highest BCUT2D eigenvalue weighted by Crippen LogP contribution is 2.22. The quantitative estimate of drug-likeness (QED) is 0.794. The number of hydrogen-bond acceptors (Lipinski definition) is 3. The SMILES string of the molecule is CCN(CC)c1ccc(-c2nc3cc(F)c(F)cc3c(=O)[nH]2)cc1. The summed E-state index contributed by atoms with van der Waals surface area (Å²) in [7, 11) is 0. The van der Waals surface area contributed by atoms with Crippen LogP contribution < -0.4 is 10.5 Å². The van der Waals surface area contributed by atoms with Gasteiger partial charge in [0.25, 0.3) is 5.56 Å². The first-order valence-corrected chi connectivity index (χ1v) is 7.78. The molecular formula is C18H17F2N3O. The van der Waals surface area contributed by atoms with E-state index in [-0.39, 0.29) is 10.9 Å². The second kappa shape index (κ2) is 6.39. The van der Waals surface area contributed by atoms with Gasteiger partial charge in [-0.3, -0.25) is 4.79 Å². The van der Waals surface area contributed by atoms with Crippen molar-refractivity contribution in [1.82, 2.24) is 9.97 Å². The van der Waals surface area contributed by atoms with E-state index < -0.39 is 17.2 Å². The first kappa shape index (κ1) is 16.1. The van der Waals surface area contributed by atoms with Crippen molar-refractivity contribution in [3.63, 3.8) is 0 Å². The maximum atomic E-state index is 13.4. The highest BCUT2D eigenvalue weighted by molar-refractivity contribution is 5.79. The summed E-state index contributed by atoms with van der Waals surface area (Å²) in [6.45, 7) is 5.94. The molecule has 1 aromatic heterocycles. The lowest BCUT2D eigenvalue weighted by molar-refractivity contribution is 0.510. The van der Waals surface area contributed by atoms with Crippen LogP contribution in [0.5, 0.6) is 0 Å². The summed E-state index contributed by atoms with van der Waals surface area (Å²) in [6, 6.07) is 9.38. The van der Waals surface area contributed by atoms with Crippen LogP contribution in [0.15, 0.2) is 41.2 Å². The van der Waals surface area contributed by atoms with Crippen molar-refractivity contribution in [2.75, 3.05) is 18.0 Å². The van der Waals surface area contributed by atoms with Gasteiger partial charge in [0.05, 0.1) is 10.9 Å². The van der Waals surface area contributed by atoms with Gasteiger partial charge in [0.2, 0.25) is 0 Å². The molecule has 0 unspecified atom stereocenters. The molecule has 1 heterocycles. The van der Waals surface area contributed by atoms with Crippen molar-refractivity contribution < 1.29 is 8.78 Å². The molecule has 1 N–H and O–H groups in total. The zero-order chi connectivity index (χ0) is 17.3. The first-order valence-electron chi connectivity index (χ1n) is 7.78. The van der Waals surface area contributed by atoms with Gasteiger partial charge in [-0.15, -0.1) is 0 Å². The molecule has 0 aliphatic heterocycles. The van der Waals surface area contributed by atoms with Crippen LogP contribution in [0.1, 0.15) is 13.8 Å². The largest absolute Gasteiger partial charge is 0.372 e. The number of H-pyrrole nitrogens is 1. The number of nitrogens with zero attached hydrogens (tertiary/aromatic N) is 2. The van der Waals surface area contributed by atoms with E-state index in [0.717, 1.165) is 30.9 Å². The second-order valence-electron chi connectivity index (χ2n) is 5.42. The Morgan fingerprint density at radius 2 is 1.67 bits per heavy atom. The molecule has 2 aromatic carbocycles. The predicted octanol–water partition coefficient (Wildman–Crippen LogP) is 3.71. The fraction of sp³-hybridized carbons (Fsp3) is 0.222. The van der Waals surface area contributed by atoms with E-state index >= 15 is 0 Å². The average Bonchev–Trinajstić information content (AvgIpc) is 2.58. The molecule has 0 saturated heterocycles. The van der Waals surface area contributed by atoms with Gasteiger partial charge < -0.3 is 9.88 Å². The lowest BCUT2D eigenvalue weighted by atomic mass is 10.1. The van der Waals surface area contributed by atoms with Crippen molar-refractivity contribution in [2.24, 2.45) is 0 Å². The Morgan fingerprint density at radius 3 is 2.29 bits per heavy atom. The van der Waals surface area contributed by atoms with E-state index in [2.05, 4.69) is 28.7 Å². The number of nitrogens with one attached hydrogen (secondary N) is 1. The molecule has 0 bridgehead atoms. The minimum atomic E-state index is -1.06. The van der Waals surface area contributed by atoms with Crippen molar-refractivity contribution in [3.8, 4) is 11.4 Å². The summed E-state index contributed by atoms with van der Waals surface area (Å²) in [5, 5.41) is 0.0254. The van der Waals surface area contributed by atoms with Gasteiger partial charge in [-0.1, -0.05) is 0 Å². The molecule has 6 heteroatoms. The van der Waals surface area contributed by atoms with Crippen LogP contribution in [-0.4, -0.2) is 23.1 Å². The predicted molar refractivity (Wildman–Crippen MR) is 91.3 cm³/mol. The number of anilines is 1. The Hall–Kier alpha value is -2.76. The standard InChI is InChI=1S/C18H17F2N3O/c1-3-23(4-2)12-7-5-11(6-8-12)17-21-16-10-15(20)14(19)9-13(16)18(24)22-17/h5-10H,3-4H2,1-2H3,(H,21,22,24). The first-order chi connectivity index (χ1) is 11.5. The average molecular weight is 329 g/mol. The molecule has 0 amide bonds. The fourth-order valence-electron chi connectivity index (χ4n) is 2.69. The van der Waals surface area contributed by atoms with Gasteiger partial charge in [0.1, 0.15) is 5.82 Å². The van der Waals surface area contributed by atoms with Crippen LogP contribution in [0.3, 0.4) is 0 Å². The van der Waals surface area contributed by atoms with Crippen LogP contribution in [0, 0.1) is 11.6 Å². The maximum absolute atomic E-state index is 13.4. The Morgan fingerprint density at radius 1 is 1.04 bits per heavy atom. The van der Waals surface area contributed by atoms with E-state index in [9.17, 15) is 13.6 Å². The smallest absolute Gasteiger partial charge is 0.259 e. The third kappa shape index (κ3) is 2.87. The Balaban J connectivity index is 2.06. The summed E-state index contributed by atoms with van der Waals surface area (Å²) in [5.41, 5.74) is 1.40. The fourth-order valence-corrected chi connectivity index (χ4v) is 2.69. The molecule has 0 aliphatic carbocycles. The van der Waals surface area contributed by atoms with Crippen LogP contribution in [0.25, 0.3) is 22.3 Å².